The van der Waals surface area contributed by atoms with Crippen LogP contribution in [0.25, 0.3) is 0 Å². The molecular formula is C18H25NO3. The molecule has 0 saturated heterocycles. The molecule has 0 spiro atoms. The van der Waals surface area contributed by atoms with Gasteiger partial charge in [0.05, 0.1) is 12.3 Å². The quantitative estimate of drug-likeness (QED) is 0.895. The van der Waals surface area contributed by atoms with Crippen LogP contribution >= 0.6 is 0 Å². The minimum absolute atomic E-state index is 0.579. The molecule has 0 amide bonds. The number of pyridine rings is 1. The van der Waals surface area contributed by atoms with Crippen molar-refractivity contribution >= 4 is 5.97 Å². The van der Waals surface area contributed by atoms with Crippen LogP contribution in [0.1, 0.15) is 63.5 Å². The zero-order valence-corrected chi connectivity index (χ0v) is 13.1. The SMILES string of the molecule is O=C(O)C1(c2cccc(OCC3CCCCC3)n2)CCCC1. The molecule has 4 nitrogen and oxygen atoms in total. The summed E-state index contributed by atoms with van der Waals surface area (Å²) in [6.45, 7) is 0.705. The van der Waals surface area contributed by atoms with E-state index in [9.17, 15) is 9.90 Å². The van der Waals surface area contributed by atoms with E-state index in [1.165, 1.54) is 32.1 Å². The minimum Gasteiger partial charge on any atom is -0.481 e. The molecular weight excluding hydrogens is 278 g/mol. The fourth-order valence-corrected chi connectivity index (χ4v) is 3.88. The fourth-order valence-electron chi connectivity index (χ4n) is 3.88. The van der Waals surface area contributed by atoms with E-state index in [2.05, 4.69) is 4.98 Å². The third kappa shape index (κ3) is 3.11. The van der Waals surface area contributed by atoms with Crippen LogP contribution in [0, 0.1) is 5.92 Å². The van der Waals surface area contributed by atoms with Gasteiger partial charge in [-0.25, -0.2) is 4.98 Å². The van der Waals surface area contributed by atoms with Gasteiger partial charge in [-0.2, -0.15) is 0 Å². The predicted molar refractivity (Wildman–Crippen MR) is 84.1 cm³/mol. The number of carbonyl (C=O) groups is 1. The third-order valence-electron chi connectivity index (χ3n) is 5.27. The van der Waals surface area contributed by atoms with Crippen LogP contribution in [0.3, 0.4) is 0 Å². The number of rotatable bonds is 5. The molecule has 1 heterocycles. The molecule has 0 unspecified atom stereocenters. The van der Waals surface area contributed by atoms with E-state index in [1.807, 2.05) is 18.2 Å². The Hall–Kier alpha value is -1.58. The lowest BCUT2D eigenvalue weighted by molar-refractivity contribution is -0.143. The molecule has 0 aliphatic heterocycles. The highest BCUT2D eigenvalue weighted by Gasteiger charge is 2.44. The Kier molecular flexibility index (Phi) is 4.65. The molecule has 2 aliphatic rings. The standard InChI is InChI=1S/C18H25NO3/c20-17(21)18(11-4-5-12-18)15-9-6-10-16(19-15)22-13-14-7-2-1-3-8-14/h6,9-10,14H,1-5,7-8,11-13H2,(H,20,21). The van der Waals surface area contributed by atoms with Crippen LogP contribution in [-0.4, -0.2) is 22.7 Å². The van der Waals surface area contributed by atoms with Crippen molar-refractivity contribution in [2.45, 2.75) is 63.2 Å². The third-order valence-corrected chi connectivity index (χ3v) is 5.27. The highest BCUT2D eigenvalue weighted by atomic mass is 16.5. The number of hydrogen-bond acceptors (Lipinski definition) is 3. The zero-order chi connectivity index (χ0) is 15.4. The van der Waals surface area contributed by atoms with Gasteiger partial charge < -0.3 is 9.84 Å². The first kappa shape index (κ1) is 15.3. The Labute approximate surface area is 131 Å². The first-order chi connectivity index (χ1) is 10.7. The summed E-state index contributed by atoms with van der Waals surface area (Å²) in [5.74, 6) is 0.455. The lowest BCUT2D eigenvalue weighted by atomic mass is 9.82. The number of aliphatic carboxylic acids is 1. The van der Waals surface area contributed by atoms with E-state index in [4.69, 9.17) is 4.74 Å². The number of hydrogen-bond donors (Lipinski definition) is 1. The summed E-state index contributed by atoms with van der Waals surface area (Å²) in [6, 6.07) is 5.56. The minimum atomic E-state index is -0.801. The van der Waals surface area contributed by atoms with E-state index < -0.39 is 11.4 Å². The number of carboxylic acid groups (broad SMARTS) is 1. The molecule has 1 aromatic heterocycles. The van der Waals surface area contributed by atoms with E-state index in [0.717, 1.165) is 12.8 Å². The van der Waals surface area contributed by atoms with Gasteiger partial charge in [0, 0.05) is 6.07 Å². The highest BCUT2D eigenvalue weighted by Crippen LogP contribution is 2.41. The summed E-state index contributed by atoms with van der Waals surface area (Å²) >= 11 is 0. The van der Waals surface area contributed by atoms with E-state index in [0.29, 0.717) is 36.9 Å². The number of ether oxygens (including phenoxy) is 1. The molecule has 2 fully saturated rings. The highest BCUT2D eigenvalue weighted by molar-refractivity contribution is 5.81. The summed E-state index contributed by atoms with van der Waals surface area (Å²) in [6.07, 6.45) is 9.68. The second kappa shape index (κ2) is 6.67. The molecule has 3 rings (SSSR count). The van der Waals surface area contributed by atoms with Gasteiger partial charge in [0.15, 0.2) is 0 Å². The molecule has 22 heavy (non-hydrogen) atoms. The van der Waals surface area contributed by atoms with E-state index in [-0.39, 0.29) is 0 Å². The lowest BCUT2D eigenvalue weighted by Crippen LogP contribution is -2.33. The molecule has 2 saturated carbocycles. The largest absolute Gasteiger partial charge is 0.481 e. The average molecular weight is 303 g/mol. The van der Waals surface area contributed by atoms with Crippen molar-refractivity contribution in [1.82, 2.24) is 4.98 Å². The van der Waals surface area contributed by atoms with Crippen molar-refractivity contribution in [1.29, 1.82) is 0 Å². The molecule has 0 bridgehead atoms. The summed E-state index contributed by atoms with van der Waals surface area (Å²) in [4.78, 5) is 16.3. The van der Waals surface area contributed by atoms with Crippen molar-refractivity contribution in [3.05, 3.63) is 23.9 Å². The molecule has 0 atom stereocenters. The van der Waals surface area contributed by atoms with Gasteiger partial charge >= 0.3 is 5.97 Å². The molecule has 1 aromatic rings. The van der Waals surface area contributed by atoms with Crippen LogP contribution in [0.5, 0.6) is 5.88 Å². The van der Waals surface area contributed by atoms with E-state index >= 15 is 0 Å². The zero-order valence-electron chi connectivity index (χ0n) is 13.1. The Morgan fingerprint density at radius 1 is 1.18 bits per heavy atom. The van der Waals surface area contributed by atoms with Crippen LogP contribution < -0.4 is 4.74 Å². The van der Waals surface area contributed by atoms with Crippen LogP contribution in [0.2, 0.25) is 0 Å². The van der Waals surface area contributed by atoms with Crippen molar-refractivity contribution in [3.8, 4) is 5.88 Å². The van der Waals surface area contributed by atoms with E-state index in [1.54, 1.807) is 0 Å². The topological polar surface area (TPSA) is 59.4 Å². The average Bonchev–Trinajstić information content (AvgIpc) is 3.05. The summed E-state index contributed by atoms with van der Waals surface area (Å²) in [7, 11) is 0. The molecule has 0 aromatic carbocycles. The molecule has 0 radical (unpaired) electrons. The Morgan fingerprint density at radius 2 is 1.91 bits per heavy atom. The maximum atomic E-state index is 11.8. The molecule has 4 heteroatoms. The monoisotopic (exact) mass is 303 g/mol. The second-order valence-electron chi connectivity index (χ2n) is 6.77. The number of nitrogens with zero attached hydrogens (tertiary/aromatic N) is 1. The summed E-state index contributed by atoms with van der Waals surface area (Å²) in [5, 5.41) is 9.66. The molecule has 2 aliphatic carbocycles. The van der Waals surface area contributed by atoms with Crippen molar-refractivity contribution in [3.63, 3.8) is 0 Å². The fraction of sp³-hybridized carbons (Fsp3) is 0.667. The van der Waals surface area contributed by atoms with Gasteiger partial charge in [0.1, 0.15) is 5.41 Å². The first-order valence-electron chi connectivity index (χ1n) is 8.54. The Bertz CT molecular complexity index is 517. The van der Waals surface area contributed by atoms with Gasteiger partial charge in [-0.05, 0) is 37.7 Å². The van der Waals surface area contributed by atoms with Gasteiger partial charge in [-0.1, -0.05) is 38.2 Å². The predicted octanol–water partition coefficient (Wildman–Crippen LogP) is 3.94. The smallest absolute Gasteiger partial charge is 0.315 e. The molecule has 1 N–H and O–H groups in total. The maximum absolute atomic E-state index is 11.8. The van der Waals surface area contributed by atoms with Crippen LogP contribution in [0.4, 0.5) is 0 Å². The van der Waals surface area contributed by atoms with Gasteiger partial charge in [0.2, 0.25) is 5.88 Å². The van der Waals surface area contributed by atoms with Crippen molar-refractivity contribution in [2.24, 2.45) is 5.92 Å². The normalized spacial score (nSPS) is 21.6. The van der Waals surface area contributed by atoms with Crippen LogP contribution in [0.15, 0.2) is 18.2 Å². The van der Waals surface area contributed by atoms with Gasteiger partial charge in [0.25, 0.3) is 0 Å². The van der Waals surface area contributed by atoms with Gasteiger partial charge in [-0.15, -0.1) is 0 Å². The Morgan fingerprint density at radius 3 is 2.59 bits per heavy atom. The number of carboxylic acids is 1. The number of aromatic nitrogens is 1. The Balaban J connectivity index is 1.70. The van der Waals surface area contributed by atoms with Gasteiger partial charge in [-0.3, -0.25) is 4.79 Å². The van der Waals surface area contributed by atoms with Crippen molar-refractivity contribution < 1.29 is 14.6 Å². The maximum Gasteiger partial charge on any atom is 0.315 e. The summed E-state index contributed by atoms with van der Waals surface area (Å²) in [5.41, 5.74) is -0.136. The van der Waals surface area contributed by atoms with Crippen molar-refractivity contribution in [2.75, 3.05) is 6.61 Å². The lowest BCUT2D eigenvalue weighted by Gasteiger charge is -2.24. The second-order valence-corrected chi connectivity index (χ2v) is 6.77. The van der Waals surface area contributed by atoms with Crippen LogP contribution in [-0.2, 0) is 10.2 Å². The summed E-state index contributed by atoms with van der Waals surface area (Å²) < 4.78 is 5.87. The first-order valence-corrected chi connectivity index (χ1v) is 8.54. The molecule has 120 valence electrons.